The molecule has 0 heterocycles. The van der Waals surface area contributed by atoms with Crippen molar-refractivity contribution in [1.29, 1.82) is 0 Å². The molecule has 20 heavy (non-hydrogen) atoms. The molecule has 0 aromatic rings. The zero-order valence-electron chi connectivity index (χ0n) is 13.3. The van der Waals surface area contributed by atoms with Gasteiger partial charge in [-0.25, -0.2) is 0 Å². The highest BCUT2D eigenvalue weighted by atomic mass is 16.5. The zero-order chi connectivity index (χ0) is 15.3. The van der Waals surface area contributed by atoms with Crippen LogP contribution in [0, 0.1) is 0 Å². The van der Waals surface area contributed by atoms with Gasteiger partial charge in [0, 0.05) is 20.3 Å². The van der Waals surface area contributed by atoms with Gasteiger partial charge in [-0.1, -0.05) is 6.92 Å². The van der Waals surface area contributed by atoms with Gasteiger partial charge in [-0.2, -0.15) is 0 Å². The lowest BCUT2D eigenvalue weighted by atomic mass is 10.5. The Bertz CT molecular complexity index is 132. The van der Waals surface area contributed by atoms with Crippen LogP contribution in [0.1, 0.15) is 20.3 Å². The highest BCUT2D eigenvalue weighted by Gasteiger charge is 1.87. The third-order valence-corrected chi connectivity index (χ3v) is 1.96. The maximum absolute atomic E-state index is 8.26. The van der Waals surface area contributed by atoms with Gasteiger partial charge in [0.15, 0.2) is 0 Å². The van der Waals surface area contributed by atoms with Gasteiger partial charge in [0.25, 0.3) is 0 Å². The van der Waals surface area contributed by atoms with E-state index in [-0.39, 0.29) is 6.61 Å². The van der Waals surface area contributed by atoms with Crippen molar-refractivity contribution in [2.24, 2.45) is 0 Å². The summed E-state index contributed by atoms with van der Waals surface area (Å²) >= 11 is 0. The van der Waals surface area contributed by atoms with Gasteiger partial charge in [0.1, 0.15) is 0 Å². The third kappa shape index (κ3) is 26.3. The summed E-state index contributed by atoms with van der Waals surface area (Å²) in [6.45, 7) is 9.96. The molecule has 0 aromatic heterocycles. The summed E-state index contributed by atoms with van der Waals surface area (Å²) < 4.78 is 25.1. The number of aliphatic hydroxyl groups excluding tert-OH is 1. The summed E-state index contributed by atoms with van der Waals surface area (Å²) in [7, 11) is 1.66. The molecule has 0 aromatic carbocycles. The molecule has 0 spiro atoms. The van der Waals surface area contributed by atoms with Gasteiger partial charge < -0.3 is 28.8 Å². The summed E-state index contributed by atoms with van der Waals surface area (Å²) in [5.74, 6) is 0. The Balaban J connectivity index is 0. The van der Waals surface area contributed by atoms with Crippen LogP contribution in [0.4, 0.5) is 0 Å². The average molecular weight is 296 g/mol. The number of hydrogen-bond donors (Lipinski definition) is 1. The molecule has 0 aliphatic carbocycles. The topological polar surface area (TPSA) is 66.4 Å². The molecule has 6 nitrogen and oxygen atoms in total. The van der Waals surface area contributed by atoms with E-state index in [0.29, 0.717) is 46.2 Å². The third-order valence-electron chi connectivity index (χ3n) is 1.96. The quantitative estimate of drug-likeness (QED) is 0.484. The van der Waals surface area contributed by atoms with E-state index in [1.54, 1.807) is 7.11 Å². The van der Waals surface area contributed by atoms with Crippen LogP contribution >= 0.6 is 0 Å². The molecular weight excluding hydrogens is 264 g/mol. The minimum atomic E-state index is 0.0894. The molecule has 1 N–H and O–H groups in total. The van der Waals surface area contributed by atoms with E-state index in [1.807, 2.05) is 6.92 Å². The van der Waals surface area contributed by atoms with E-state index in [0.717, 1.165) is 19.6 Å². The molecular formula is C14H32O6. The molecule has 0 aliphatic rings. The first-order valence-electron chi connectivity index (χ1n) is 7.24. The van der Waals surface area contributed by atoms with Crippen LogP contribution in [0.2, 0.25) is 0 Å². The molecule has 0 rings (SSSR count). The smallest absolute Gasteiger partial charge is 0.0701 e. The Labute approximate surface area is 123 Å². The van der Waals surface area contributed by atoms with Crippen molar-refractivity contribution < 1.29 is 28.8 Å². The van der Waals surface area contributed by atoms with Crippen LogP contribution in [-0.4, -0.2) is 78.3 Å². The molecule has 0 unspecified atom stereocenters. The Hall–Kier alpha value is -0.240. The summed E-state index contributed by atoms with van der Waals surface area (Å²) in [6.07, 6.45) is 1.07. The lowest BCUT2D eigenvalue weighted by molar-refractivity contribution is 0.0250. The van der Waals surface area contributed by atoms with Gasteiger partial charge in [0.05, 0.1) is 52.9 Å². The largest absolute Gasteiger partial charge is 0.394 e. The molecule has 0 amide bonds. The van der Waals surface area contributed by atoms with Crippen molar-refractivity contribution in [3.05, 3.63) is 0 Å². The standard InChI is InChI=1S/C8H18O3.C6H14O3/c1-3-4-10-7-8-11-6-5-9-2;1-2-8-5-6-9-4-3-7/h3-8H2,1-2H3;7H,2-6H2,1H3. The molecule has 0 aliphatic heterocycles. The van der Waals surface area contributed by atoms with E-state index in [4.69, 9.17) is 28.8 Å². The lowest BCUT2D eigenvalue weighted by Gasteiger charge is -2.03. The molecule has 0 saturated heterocycles. The van der Waals surface area contributed by atoms with Crippen molar-refractivity contribution >= 4 is 0 Å². The molecule has 124 valence electrons. The normalized spacial score (nSPS) is 10.2. The van der Waals surface area contributed by atoms with E-state index in [2.05, 4.69) is 6.92 Å². The van der Waals surface area contributed by atoms with Crippen molar-refractivity contribution in [2.45, 2.75) is 20.3 Å². The monoisotopic (exact) mass is 296 g/mol. The molecule has 6 heteroatoms. The minimum absolute atomic E-state index is 0.0894. The summed E-state index contributed by atoms with van der Waals surface area (Å²) in [5, 5.41) is 8.26. The first-order valence-corrected chi connectivity index (χ1v) is 7.24. The highest BCUT2D eigenvalue weighted by molar-refractivity contribution is 4.31. The minimum Gasteiger partial charge on any atom is -0.394 e. The fraction of sp³-hybridized carbons (Fsp3) is 1.00. The van der Waals surface area contributed by atoms with Crippen LogP contribution in [0.5, 0.6) is 0 Å². The van der Waals surface area contributed by atoms with Crippen molar-refractivity contribution in [1.82, 2.24) is 0 Å². The highest BCUT2D eigenvalue weighted by Crippen LogP contribution is 1.81. The van der Waals surface area contributed by atoms with E-state index in [1.165, 1.54) is 0 Å². The Kier molecular flexibility index (Phi) is 26.3. The maximum Gasteiger partial charge on any atom is 0.0701 e. The second-order valence-electron chi connectivity index (χ2n) is 3.75. The Morgan fingerprint density at radius 2 is 1.15 bits per heavy atom. The maximum atomic E-state index is 8.26. The van der Waals surface area contributed by atoms with E-state index >= 15 is 0 Å². The molecule has 0 fully saturated rings. The number of methoxy groups -OCH3 is 1. The Morgan fingerprint density at radius 3 is 1.65 bits per heavy atom. The van der Waals surface area contributed by atoms with Crippen molar-refractivity contribution in [2.75, 3.05) is 73.2 Å². The number of rotatable bonds is 14. The van der Waals surface area contributed by atoms with Gasteiger partial charge in [0.2, 0.25) is 0 Å². The Morgan fingerprint density at radius 1 is 0.650 bits per heavy atom. The lowest BCUT2D eigenvalue weighted by Crippen LogP contribution is -2.08. The predicted octanol–water partition coefficient (Wildman–Crippen LogP) is 1.11. The van der Waals surface area contributed by atoms with E-state index < -0.39 is 0 Å². The van der Waals surface area contributed by atoms with E-state index in [9.17, 15) is 0 Å². The SMILES string of the molecule is CCCOCCOCCOC.CCOCCOCCO. The molecule has 0 saturated carbocycles. The van der Waals surface area contributed by atoms with Crippen LogP contribution in [-0.2, 0) is 23.7 Å². The van der Waals surface area contributed by atoms with Gasteiger partial charge in [-0.05, 0) is 13.3 Å². The number of ether oxygens (including phenoxy) is 5. The average Bonchev–Trinajstić information content (AvgIpc) is 2.47. The second-order valence-corrected chi connectivity index (χ2v) is 3.75. The van der Waals surface area contributed by atoms with Gasteiger partial charge in [-0.15, -0.1) is 0 Å². The van der Waals surface area contributed by atoms with Gasteiger partial charge >= 0.3 is 0 Å². The van der Waals surface area contributed by atoms with Crippen LogP contribution in [0.3, 0.4) is 0 Å². The van der Waals surface area contributed by atoms with Crippen LogP contribution in [0.25, 0.3) is 0 Å². The van der Waals surface area contributed by atoms with Crippen LogP contribution in [0.15, 0.2) is 0 Å². The molecule has 0 bridgehead atoms. The summed E-state index contributed by atoms with van der Waals surface area (Å²) in [5.41, 5.74) is 0. The zero-order valence-corrected chi connectivity index (χ0v) is 13.3. The summed E-state index contributed by atoms with van der Waals surface area (Å²) in [6, 6.07) is 0. The predicted molar refractivity (Wildman–Crippen MR) is 78.2 cm³/mol. The fourth-order valence-electron chi connectivity index (χ4n) is 1.04. The van der Waals surface area contributed by atoms with Crippen molar-refractivity contribution in [3.8, 4) is 0 Å². The molecule has 0 atom stereocenters. The summed E-state index contributed by atoms with van der Waals surface area (Å²) in [4.78, 5) is 0. The van der Waals surface area contributed by atoms with Crippen molar-refractivity contribution in [3.63, 3.8) is 0 Å². The molecule has 0 radical (unpaired) electrons. The second kappa shape index (κ2) is 23.8. The number of hydrogen-bond acceptors (Lipinski definition) is 6. The number of aliphatic hydroxyl groups is 1. The first kappa shape index (κ1) is 22.0. The van der Waals surface area contributed by atoms with Gasteiger partial charge in [-0.3, -0.25) is 0 Å². The van der Waals surface area contributed by atoms with Crippen LogP contribution < -0.4 is 0 Å². The fourth-order valence-corrected chi connectivity index (χ4v) is 1.04. The first-order chi connectivity index (χ1) is 9.83.